The van der Waals surface area contributed by atoms with Gasteiger partial charge in [-0.05, 0) is 11.8 Å². The molecule has 0 aliphatic carbocycles. The first-order valence-electron chi connectivity index (χ1n) is 5.42. The first-order chi connectivity index (χ1) is 5.79. The smallest absolute Gasteiger partial charge is 0.662 e. The van der Waals surface area contributed by atoms with Crippen LogP contribution in [0.3, 0.4) is 0 Å². The van der Waals surface area contributed by atoms with Crippen LogP contribution >= 0.6 is 0 Å². The van der Waals surface area contributed by atoms with E-state index >= 15 is 0 Å². The van der Waals surface area contributed by atoms with Crippen molar-refractivity contribution in [2.45, 2.75) is 46.0 Å². The van der Waals surface area contributed by atoms with Gasteiger partial charge >= 0.3 is 51.4 Å². The fourth-order valence-corrected chi connectivity index (χ4v) is 1.91. The molecule has 0 unspecified atom stereocenters. The first kappa shape index (κ1) is 18.0. The summed E-state index contributed by atoms with van der Waals surface area (Å²) in [6, 6.07) is 0. The number of piperidine rings is 1. The average Bonchev–Trinajstić information content (AvgIpc) is 2.05. The van der Waals surface area contributed by atoms with Gasteiger partial charge in [0.1, 0.15) is 0 Å². The van der Waals surface area contributed by atoms with Crippen molar-refractivity contribution in [1.29, 1.82) is 0 Å². The molecule has 80 valence electrons. The second-order valence-corrected chi connectivity index (χ2v) is 4.44. The summed E-state index contributed by atoms with van der Waals surface area (Å²) in [5.41, 5.74) is 0. The molecule has 14 heavy (non-hydrogen) atoms. The Morgan fingerprint density at radius 2 is 1.79 bits per heavy atom. The fraction of sp³-hybridized carbons (Fsp3) is 0.917. The predicted octanol–water partition coefficient (Wildman–Crippen LogP) is 1.05. The second-order valence-electron chi connectivity index (χ2n) is 4.44. The van der Waals surface area contributed by atoms with Gasteiger partial charge in [0, 0.05) is 0 Å². The standard InChI is InChI=1S/C11H22N.CH3.K/c1-10(2)4-3-5-11-6-8-12-9-7-11;;/h10-11H,3-9H2,1-2H3;1H3;/q2*-1;+1. The summed E-state index contributed by atoms with van der Waals surface area (Å²) in [5.74, 6) is 1.89. The number of hydrogen-bond acceptors (Lipinski definition) is 0. The molecule has 1 rings (SSSR count). The third-order valence-electron chi connectivity index (χ3n) is 2.78. The van der Waals surface area contributed by atoms with E-state index in [2.05, 4.69) is 19.2 Å². The maximum atomic E-state index is 4.37. The SMILES string of the molecule is CC(C)CCCC1CC[N-]CC1.[CH3-].[K+]. The molecule has 0 radical (unpaired) electrons. The Bertz CT molecular complexity index is 109. The minimum absolute atomic E-state index is 0. The summed E-state index contributed by atoms with van der Waals surface area (Å²) in [7, 11) is 0. The zero-order chi connectivity index (χ0) is 8.81. The maximum Gasteiger partial charge on any atom is 1.00 e. The van der Waals surface area contributed by atoms with E-state index in [0.717, 1.165) is 24.9 Å². The molecule has 1 nitrogen and oxygen atoms in total. The molecule has 0 amide bonds. The summed E-state index contributed by atoms with van der Waals surface area (Å²) in [5, 5.41) is 4.37. The van der Waals surface area contributed by atoms with Crippen LogP contribution in [0, 0.1) is 19.3 Å². The van der Waals surface area contributed by atoms with Crippen LogP contribution in [0.1, 0.15) is 46.0 Å². The molecule has 2 heteroatoms. The summed E-state index contributed by atoms with van der Waals surface area (Å²) in [6.45, 7) is 6.89. The van der Waals surface area contributed by atoms with Crippen LogP contribution in [0.4, 0.5) is 0 Å². The van der Waals surface area contributed by atoms with Crippen LogP contribution in [-0.4, -0.2) is 13.1 Å². The molecule has 0 spiro atoms. The van der Waals surface area contributed by atoms with Gasteiger partial charge in [-0.1, -0.05) is 46.0 Å². The third-order valence-corrected chi connectivity index (χ3v) is 2.78. The fourth-order valence-electron chi connectivity index (χ4n) is 1.91. The van der Waals surface area contributed by atoms with Gasteiger partial charge in [0.05, 0.1) is 0 Å². The van der Waals surface area contributed by atoms with E-state index in [9.17, 15) is 0 Å². The Balaban J connectivity index is 0. The molecule has 1 aliphatic heterocycles. The Kier molecular flexibility index (Phi) is 14.2. The van der Waals surface area contributed by atoms with Gasteiger partial charge < -0.3 is 12.7 Å². The van der Waals surface area contributed by atoms with Crippen LogP contribution in [0.5, 0.6) is 0 Å². The van der Waals surface area contributed by atoms with Gasteiger partial charge in [-0.25, -0.2) is 0 Å². The van der Waals surface area contributed by atoms with Gasteiger partial charge in [0.2, 0.25) is 0 Å². The van der Waals surface area contributed by atoms with Gasteiger partial charge in [-0.3, -0.25) is 0 Å². The molecule has 1 fully saturated rings. The van der Waals surface area contributed by atoms with E-state index in [1.807, 2.05) is 0 Å². The molecule has 1 aliphatic rings. The molecule has 0 bridgehead atoms. The molecular formula is C12H25KN-. The van der Waals surface area contributed by atoms with Crippen molar-refractivity contribution in [3.8, 4) is 0 Å². The second kappa shape index (κ2) is 11.1. The van der Waals surface area contributed by atoms with Crippen molar-refractivity contribution in [2.24, 2.45) is 11.8 Å². The quantitative estimate of drug-likeness (QED) is 0.499. The molecule has 0 aromatic heterocycles. The molecule has 0 aromatic carbocycles. The molecule has 1 heterocycles. The Labute approximate surface area is 133 Å². The van der Waals surface area contributed by atoms with Crippen molar-refractivity contribution >= 4 is 0 Å². The first-order valence-corrected chi connectivity index (χ1v) is 5.42. The Hall–Kier alpha value is 1.60. The van der Waals surface area contributed by atoms with Crippen molar-refractivity contribution in [3.63, 3.8) is 0 Å². The van der Waals surface area contributed by atoms with Gasteiger partial charge in [-0.15, -0.1) is 13.1 Å². The largest absolute Gasteiger partial charge is 1.00 e. The minimum atomic E-state index is 0. The van der Waals surface area contributed by atoms with Crippen LogP contribution in [0.2, 0.25) is 0 Å². The molecule has 1 saturated heterocycles. The van der Waals surface area contributed by atoms with Crippen molar-refractivity contribution in [1.82, 2.24) is 0 Å². The minimum Gasteiger partial charge on any atom is -0.662 e. The van der Waals surface area contributed by atoms with Gasteiger partial charge in [-0.2, -0.15) is 0 Å². The van der Waals surface area contributed by atoms with Crippen LogP contribution < -0.4 is 51.4 Å². The van der Waals surface area contributed by atoms with E-state index in [4.69, 9.17) is 0 Å². The zero-order valence-electron chi connectivity index (χ0n) is 10.6. The summed E-state index contributed by atoms with van der Waals surface area (Å²) >= 11 is 0. The number of rotatable bonds is 4. The summed E-state index contributed by atoms with van der Waals surface area (Å²) in [4.78, 5) is 0. The average molecular weight is 222 g/mol. The Morgan fingerprint density at radius 1 is 1.21 bits per heavy atom. The molecule has 0 atom stereocenters. The Morgan fingerprint density at radius 3 is 2.29 bits per heavy atom. The van der Waals surface area contributed by atoms with Crippen LogP contribution in [0.25, 0.3) is 5.32 Å². The topological polar surface area (TPSA) is 14.1 Å². The van der Waals surface area contributed by atoms with E-state index in [1.165, 1.54) is 32.1 Å². The normalized spacial score (nSPS) is 17.4. The van der Waals surface area contributed by atoms with E-state index in [-0.39, 0.29) is 58.8 Å². The maximum absolute atomic E-state index is 4.37. The molecule has 0 N–H and O–H groups in total. The van der Waals surface area contributed by atoms with Gasteiger partial charge in [0.25, 0.3) is 0 Å². The van der Waals surface area contributed by atoms with Crippen LogP contribution in [0.15, 0.2) is 0 Å². The number of hydrogen-bond donors (Lipinski definition) is 0. The summed E-state index contributed by atoms with van der Waals surface area (Å²) in [6.07, 6.45) is 7.01. The van der Waals surface area contributed by atoms with E-state index < -0.39 is 0 Å². The summed E-state index contributed by atoms with van der Waals surface area (Å²) < 4.78 is 0. The van der Waals surface area contributed by atoms with E-state index in [0.29, 0.717) is 0 Å². The monoisotopic (exact) mass is 222 g/mol. The van der Waals surface area contributed by atoms with Gasteiger partial charge in [0.15, 0.2) is 0 Å². The van der Waals surface area contributed by atoms with Crippen molar-refractivity contribution in [3.05, 3.63) is 12.7 Å². The zero-order valence-corrected chi connectivity index (χ0v) is 13.7. The third kappa shape index (κ3) is 8.87. The number of nitrogens with zero attached hydrogens (tertiary/aromatic N) is 1. The van der Waals surface area contributed by atoms with Crippen LogP contribution in [-0.2, 0) is 0 Å². The van der Waals surface area contributed by atoms with E-state index in [1.54, 1.807) is 0 Å². The molecular weight excluding hydrogens is 197 g/mol. The predicted molar refractivity (Wildman–Crippen MR) is 60.9 cm³/mol. The molecule has 0 saturated carbocycles. The van der Waals surface area contributed by atoms with Crippen molar-refractivity contribution < 1.29 is 51.4 Å². The molecule has 0 aromatic rings. The van der Waals surface area contributed by atoms with Crippen molar-refractivity contribution in [2.75, 3.05) is 13.1 Å².